The van der Waals surface area contributed by atoms with Gasteiger partial charge >= 0.3 is 5.51 Å². The van der Waals surface area contributed by atoms with E-state index in [1.54, 1.807) is 0 Å². The minimum absolute atomic E-state index is 0.217. The molecular weight excluding hydrogens is 307 g/mol. The van der Waals surface area contributed by atoms with Crippen LogP contribution in [0.25, 0.3) is 0 Å². The van der Waals surface area contributed by atoms with Gasteiger partial charge in [0.15, 0.2) is 5.78 Å². The van der Waals surface area contributed by atoms with Crippen LogP contribution in [0.5, 0.6) is 0 Å². The Morgan fingerprint density at radius 1 is 1.47 bits per heavy atom. The number of nitro benzene ring substituents is 1. The van der Waals surface area contributed by atoms with Crippen molar-refractivity contribution in [2.24, 2.45) is 0 Å². The normalized spacial score (nSPS) is 13.1. The van der Waals surface area contributed by atoms with Gasteiger partial charge < -0.3 is 0 Å². The predicted molar refractivity (Wildman–Crippen MR) is 64.3 cm³/mol. The van der Waals surface area contributed by atoms with Gasteiger partial charge in [0.05, 0.1) is 4.92 Å². The Labute approximate surface area is 115 Å². The maximum absolute atomic E-state index is 12.3. The summed E-state index contributed by atoms with van der Waals surface area (Å²) in [6.45, 7) is 1.10. The molecule has 0 radical (unpaired) electrons. The van der Waals surface area contributed by atoms with Crippen LogP contribution in [0.1, 0.15) is 17.9 Å². The van der Waals surface area contributed by atoms with Crippen molar-refractivity contribution in [3.63, 3.8) is 0 Å². The Morgan fingerprint density at radius 2 is 2.05 bits per heavy atom. The van der Waals surface area contributed by atoms with E-state index < -0.39 is 39.0 Å². The van der Waals surface area contributed by atoms with E-state index in [9.17, 15) is 28.1 Å². The number of ketones is 1. The number of hydrogen-bond donors (Lipinski definition) is 0. The highest BCUT2D eigenvalue weighted by Crippen LogP contribution is 2.42. The molecule has 1 atom stereocenters. The summed E-state index contributed by atoms with van der Waals surface area (Å²) in [6.07, 6.45) is 0. The van der Waals surface area contributed by atoms with Gasteiger partial charge in [0.25, 0.3) is 5.69 Å². The van der Waals surface area contributed by atoms with Gasteiger partial charge in [-0.1, -0.05) is 0 Å². The molecule has 4 nitrogen and oxygen atoms in total. The monoisotopic (exact) mass is 313 g/mol. The van der Waals surface area contributed by atoms with Crippen LogP contribution in [0.15, 0.2) is 23.1 Å². The Kier molecular flexibility index (Phi) is 4.81. The number of nitrogens with zero attached hydrogens (tertiary/aromatic N) is 1. The Balaban J connectivity index is 3.30. The van der Waals surface area contributed by atoms with Gasteiger partial charge in [-0.2, -0.15) is 13.2 Å². The minimum atomic E-state index is -4.57. The van der Waals surface area contributed by atoms with Crippen molar-refractivity contribution in [1.82, 2.24) is 0 Å². The van der Waals surface area contributed by atoms with E-state index in [0.717, 1.165) is 25.1 Å². The largest absolute Gasteiger partial charge is 0.446 e. The molecule has 0 saturated carbocycles. The molecule has 104 valence electrons. The van der Waals surface area contributed by atoms with E-state index in [-0.39, 0.29) is 10.5 Å². The lowest BCUT2D eigenvalue weighted by Gasteiger charge is -2.13. The first kappa shape index (κ1) is 15.8. The molecule has 0 aromatic heterocycles. The molecule has 0 aliphatic rings. The lowest BCUT2D eigenvalue weighted by atomic mass is 10.1. The fraction of sp³-hybridized carbons (Fsp3) is 0.300. The molecular formula is C10H7ClF3NO3S. The number of rotatable bonds is 4. The van der Waals surface area contributed by atoms with Crippen molar-refractivity contribution in [1.29, 1.82) is 0 Å². The van der Waals surface area contributed by atoms with E-state index in [4.69, 9.17) is 11.6 Å². The predicted octanol–water partition coefficient (Wildman–Crippen LogP) is 4.08. The number of nitro groups is 1. The molecule has 0 amide bonds. The second-order valence-corrected chi connectivity index (χ2v) is 5.04. The molecule has 1 unspecified atom stereocenters. The summed E-state index contributed by atoms with van der Waals surface area (Å²) in [4.78, 5) is 20.6. The molecule has 0 aliphatic carbocycles. The van der Waals surface area contributed by atoms with Gasteiger partial charge in [-0.3, -0.25) is 14.9 Å². The van der Waals surface area contributed by atoms with Crippen LogP contribution >= 0.6 is 23.4 Å². The fourth-order valence-corrected chi connectivity index (χ4v) is 2.21. The molecule has 0 spiro atoms. The van der Waals surface area contributed by atoms with Crippen LogP contribution in [0.4, 0.5) is 18.9 Å². The summed E-state index contributed by atoms with van der Waals surface area (Å²) >= 11 is 5.23. The minimum Gasteiger partial charge on any atom is -0.298 e. The van der Waals surface area contributed by atoms with Crippen molar-refractivity contribution in [2.75, 3.05) is 0 Å². The molecule has 19 heavy (non-hydrogen) atoms. The van der Waals surface area contributed by atoms with Crippen LogP contribution < -0.4 is 0 Å². The smallest absolute Gasteiger partial charge is 0.298 e. The number of alkyl halides is 4. The number of Topliss-reactive ketones (excluding diaryl/α,β-unsaturated/α-hetero) is 1. The van der Waals surface area contributed by atoms with Gasteiger partial charge in [0.2, 0.25) is 0 Å². The second-order valence-electron chi connectivity index (χ2n) is 3.50. The summed E-state index contributed by atoms with van der Waals surface area (Å²) in [7, 11) is 0. The van der Waals surface area contributed by atoms with Crippen LogP contribution in [-0.2, 0) is 4.79 Å². The van der Waals surface area contributed by atoms with E-state index in [1.165, 1.54) is 0 Å². The van der Waals surface area contributed by atoms with Crippen LogP contribution in [0, 0.1) is 10.1 Å². The lowest BCUT2D eigenvalue weighted by Crippen LogP contribution is -2.07. The molecule has 0 fully saturated rings. The van der Waals surface area contributed by atoms with Gasteiger partial charge in [-0.25, -0.2) is 0 Å². The van der Waals surface area contributed by atoms with Crippen molar-refractivity contribution < 1.29 is 22.9 Å². The zero-order valence-corrected chi connectivity index (χ0v) is 11.0. The molecule has 0 N–H and O–H groups in total. The van der Waals surface area contributed by atoms with Gasteiger partial charge in [0, 0.05) is 17.0 Å². The quantitative estimate of drug-likeness (QED) is 0.364. The topological polar surface area (TPSA) is 60.2 Å². The third kappa shape index (κ3) is 4.39. The number of benzene rings is 1. The maximum atomic E-state index is 12.3. The highest BCUT2D eigenvalue weighted by molar-refractivity contribution is 8.00. The molecule has 0 aliphatic heterocycles. The van der Waals surface area contributed by atoms with Crippen molar-refractivity contribution in [2.45, 2.75) is 22.7 Å². The molecule has 0 bridgehead atoms. The zero-order chi connectivity index (χ0) is 14.8. The third-order valence-corrected chi connectivity index (χ3v) is 3.43. The Bertz CT molecular complexity index is 521. The average Bonchev–Trinajstić information content (AvgIpc) is 2.26. The van der Waals surface area contributed by atoms with Crippen LogP contribution in [0.2, 0.25) is 0 Å². The summed E-state index contributed by atoms with van der Waals surface area (Å²) in [5.41, 5.74) is -5.21. The number of non-ortho nitro benzene ring substituents is 1. The van der Waals surface area contributed by atoms with E-state index in [0.29, 0.717) is 0 Å². The number of carbonyl (C=O) groups excluding carboxylic acids is 1. The first-order chi connectivity index (χ1) is 8.61. The van der Waals surface area contributed by atoms with Crippen molar-refractivity contribution >= 4 is 34.8 Å². The lowest BCUT2D eigenvalue weighted by molar-refractivity contribution is -0.385. The standard InChI is InChI=1S/C10H7ClF3NO3S/c1-5(16)9(11)7-4-6(15(17)18)2-3-8(7)19-10(12,13)14/h2-4,9H,1H3. The number of halogens is 4. The first-order valence-corrected chi connectivity index (χ1v) is 6.05. The van der Waals surface area contributed by atoms with E-state index >= 15 is 0 Å². The van der Waals surface area contributed by atoms with Crippen LogP contribution in [0.3, 0.4) is 0 Å². The highest BCUT2D eigenvalue weighted by atomic mass is 35.5. The number of hydrogen-bond acceptors (Lipinski definition) is 4. The summed E-state index contributed by atoms with van der Waals surface area (Å²) in [5, 5.41) is 9.23. The summed E-state index contributed by atoms with van der Waals surface area (Å²) < 4.78 is 37.0. The van der Waals surface area contributed by atoms with Gasteiger partial charge in [-0.05, 0) is 30.3 Å². The second kappa shape index (κ2) is 5.79. The molecule has 1 aromatic carbocycles. The van der Waals surface area contributed by atoms with Gasteiger partial charge in [0.1, 0.15) is 5.38 Å². The molecule has 0 heterocycles. The number of thioether (sulfide) groups is 1. The Hall–Kier alpha value is -1.28. The van der Waals surface area contributed by atoms with Crippen molar-refractivity contribution in [3.8, 4) is 0 Å². The molecule has 1 aromatic rings. The summed E-state index contributed by atoms with van der Waals surface area (Å²) in [6, 6.07) is 2.75. The maximum Gasteiger partial charge on any atom is 0.446 e. The molecule has 9 heteroatoms. The Morgan fingerprint density at radius 3 is 2.47 bits per heavy atom. The first-order valence-electron chi connectivity index (χ1n) is 4.80. The number of carbonyl (C=O) groups is 1. The SMILES string of the molecule is CC(=O)C(Cl)c1cc([N+](=O)[O-])ccc1SC(F)(F)F. The highest BCUT2D eigenvalue weighted by Gasteiger charge is 2.32. The zero-order valence-electron chi connectivity index (χ0n) is 9.40. The van der Waals surface area contributed by atoms with Crippen molar-refractivity contribution in [3.05, 3.63) is 33.9 Å². The van der Waals surface area contributed by atoms with E-state index in [2.05, 4.69) is 0 Å². The van der Waals surface area contributed by atoms with E-state index in [1.807, 2.05) is 0 Å². The summed E-state index contributed by atoms with van der Waals surface area (Å²) in [5.74, 6) is -0.591. The fourth-order valence-electron chi connectivity index (χ4n) is 1.28. The van der Waals surface area contributed by atoms with Gasteiger partial charge in [-0.15, -0.1) is 11.6 Å². The third-order valence-electron chi connectivity index (χ3n) is 2.06. The average molecular weight is 314 g/mol. The molecule has 0 saturated heterocycles. The van der Waals surface area contributed by atoms with Crippen LogP contribution in [-0.4, -0.2) is 16.2 Å². The molecule has 1 rings (SSSR count).